The van der Waals surface area contributed by atoms with Crippen LogP contribution in [0.4, 0.5) is 5.95 Å². The van der Waals surface area contributed by atoms with Crippen LogP contribution in [0.1, 0.15) is 54.8 Å². The first-order chi connectivity index (χ1) is 11.7. The molecule has 24 heavy (non-hydrogen) atoms. The quantitative estimate of drug-likeness (QED) is 0.881. The number of anilines is 1. The summed E-state index contributed by atoms with van der Waals surface area (Å²) in [5.41, 5.74) is 2.70. The summed E-state index contributed by atoms with van der Waals surface area (Å²) in [5.74, 6) is 1.35. The van der Waals surface area contributed by atoms with Gasteiger partial charge in [0.2, 0.25) is 5.95 Å². The van der Waals surface area contributed by atoms with Crippen molar-refractivity contribution in [1.29, 1.82) is 0 Å². The fraction of sp³-hybridized carbons (Fsp3) is 0.588. The molecule has 1 aliphatic carbocycles. The van der Waals surface area contributed by atoms with E-state index < -0.39 is 6.10 Å². The van der Waals surface area contributed by atoms with Gasteiger partial charge in [-0.25, -0.2) is 9.97 Å². The number of aliphatic hydroxyl groups excluding tert-OH is 2. The molecule has 0 amide bonds. The molecule has 0 aromatic carbocycles. The highest BCUT2D eigenvalue weighted by molar-refractivity contribution is 5.34. The fourth-order valence-corrected chi connectivity index (χ4v) is 3.68. The van der Waals surface area contributed by atoms with Crippen LogP contribution in [0.15, 0.2) is 18.3 Å². The van der Waals surface area contributed by atoms with Gasteiger partial charge >= 0.3 is 0 Å². The summed E-state index contributed by atoms with van der Waals surface area (Å²) < 4.78 is 1.89. The molecule has 1 atom stereocenters. The number of rotatable bonds is 4. The smallest absolute Gasteiger partial charge is 0.225 e. The van der Waals surface area contributed by atoms with E-state index in [4.69, 9.17) is 10.1 Å². The Morgan fingerprint density at radius 3 is 2.88 bits per heavy atom. The summed E-state index contributed by atoms with van der Waals surface area (Å²) >= 11 is 0. The van der Waals surface area contributed by atoms with Crippen molar-refractivity contribution < 1.29 is 10.2 Å². The predicted molar refractivity (Wildman–Crippen MR) is 88.6 cm³/mol. The van der Waals surface area contributed by atoms with E-state index in [9.17, 15) is 5.11 Å². The lowest BCUT2D eigenvalue weighted by molar-refractivity contribution is 0.0916. The minimum absolute atomic E-state index is 0.313. The minimum Gasteiger partial charge on any atom is -0.393 e. The summed E-state index contributed by atoms with van der Waals surface area (Å²) in [6.45, 7) is 1.87. The molecular formula is C17H23N5O2. The molecule has 0 radical (unpaired) electrons. The molecule has 0 spiro atoms. The van der Waals surface area contributed by atoms with Crippen LogP contribution >= 0.6 is 0 Å². The second kappa shape index (κ2) is 6.49. The van der Waals surface area contributed by atoms with E-state index in [1.54, 1.807) is 0 Å². The third kappa shape index (κ3) is 2.89. The Bertz CT molecular complexity index is 711. The average Bonchev–Trinajstić information content (AvgIpc) is 3.30. The van der Waals surface area contributed by atoms with Crippen molar-refractivity contribution >= 4 is 5.95 Å². The van der Waals surface area contributed by atoms with E-state index in [1.807, 2.05) is 23.0 Å². The molecule has 0 saturated heterocycles. The largest absolute Gasteiger partial charge is 0.393 e. The molecule has 7 heteroatoms. The lowest BCUT2D eigenvalue weighted by atomic mass is 10.0. The second-order valence-corrected chi connectivity index (χ2v) is 6.67. The van der Waals surface area contributed by atoms with Crippen molar-refractivity contribution in [1.82, 2.24) is 19.7 Å². The molecule has 128 valence electrons. The lowest BCUT2D eigenvalue weighted by Gasteiger charge is -2.28. The number of aromatic nitrogens is 4. The van der Waals surface area contributed by atoms with Crippen LogP contribution in [-0.2, 0) is 13.1 Å². The van der Waals surface area contributed by atoms with Gasteiger partial charge in [-0.2, -0.15) is 5.10 Å². The Morgan fingerprint density at radius 1 is 1.25 bits per heavy atom. The van der Waals surface area contributed by atoms with Crippen molar-refractivity contribution in [3.05, 3.63) is 35.4 Å². The van der Waals surface area contributed by atoms with Crippen LogP contribution in [-0.4, -0.2) is 43.1 Å². The molecule has 2 aromatic rings. The zero-order chi connectivity index (χ0) is 16.5. The highest BCUT2D eigenvalue weighted by atomic mass is 16.3. The standard InChI is InChI=1S/C17H23N5O2/c23-11-16(24)15-9-13-10-21(7-8-22(13)20-15)17-18-6-5-14(19-17)12-3-1-2-4-12/h5-6,9,12,16,23-24H,1-4,7-8,10-11H2/t16-/m1/s1. The Labute approximate surface area is 141 Å². The highest BCUT2D eigenvalue weighted by Gasteiger charge is 2.24. The summed E-state index contributed by atoms with van der Waals surface area (Å²) in [4.78, 5) is 11.4. The van der Waals surface area contributed by atoms with Gasteiger partial charge in [0.05, 0.1) is 31.1 Å². The van der Waals surface area contributed by atoms with Gasteiger partial charge < -0.3 is 15.1 Å². The van der Waals surface area contributed by atoms with Gasteiger partial charge in [0.15, 0.2) is 0 Å². The Hall–Kier alpha value is -1.99. The number of hydrogen-bond acceptors (Lipinski definition) is 6. The van der Waals surface area contributed by atoms with Crippen LogP contribution in [0.2, 0.25) is 0 Å². The molecule has 7 nitrogen and oxygen atoms in total. The molecule has 2 N–H and O–H groups in total. The molecule has 1 aliphatic heterocycles. The second-order valence-electron chi connectivity index (χ2n) is 6.67. The van der Waals surface area contributed by atoms with Crippen LogP contribution in [0.25, 0.3) is 0 Å². The first-order valence-electron chi connectivity index (χ1n) is 8.68. The van der Waals surface area contributed by atoms with Gasteiger partial charge in [0, 0.05) is 24.4 Å². The fourth-order valence-electron chi connectivity index (χ4n) is 3.68. The van der Waals surface area contributed by atoms with Crippen LogP contribution in [0.5, 0.6) is 0 Å². The summed E-state index contributed by atoms with van der Waals surface area (Å²) in [7, 11) is 0. The van der Waals surface area contributed by atoms with Crippen LogP contribution in [0.3, 0.4) is 0 Å². The maximum Gasteiger partial charge on any atom is 0.225 e. The van der Waals surface area contributed by atoms with E-state index in [0.717, 1.165) is 30.4 Å². The van der Waals surface area contributed by atoms with Crippen molar-refractivity contribution in [2.45, 2.75) is 50.8 Å². The number of fused-ring (bicyclic) bond motifs is 1. The molecule has 1 saturated carbocycles. The molecule has 0 bridgehead atoms. The SMILES string of the molecule is OC[C@@H](O)c1cc2n(n1)CCN(c1nccc(C3CCCC3)n1)C2. The van der Waals surface area contributed by atoms with Gasteiger partial charge in [0.1, 0.15) is 6.10 Å². The number of aliphatic hydroxyl groups is 2. The zero-order valence-corrected chi connectivity index (χ0v) is 13.7. The monoisotopic (exact) mass is 329 g/mol. The Kier molecular flexibility index (Phi) is 4.20. The lowest BCUT2D eigenvalue weighted by Crippen LogP contribution is -2.35. The van der Waals surface area contributed by atoms with Crippen LogP contribution < -0.4 is 4.90 Å². The molecule has 2 aromatic heterocycles. The summed E-state index contributed by atoms with van der Waals surface area (Å²) in [6.07, 6.45) is 5.99. The molecule has 4 rings (SSSR count). The molecule has 2 aliphatic rings. The van der Waals surface area contributed by atoms with Gasteiger partial charge in [0.25, 0.3) is 0 Å². The van der Waals surface area contributed by atoms with E-state index in [0.29, 0.717) is 18.2 Å². The minimum atomic E-state index is -0.918. The third-order valence-electron chi connectivity index (χ3n) is 5.05. The molecule has 0 unspecified atom stereocenters. The van der Waals surface area contributed by atoms with Gasteiger partial charge in [-0.1, -0.05) is 12.8 Å². The van der Waals surface area contributed by atoms with Crippen molar-refractivity contribution in [2.24, 2.45) is 0 Å². The molecule has 1 fully saturated rings. The normalized spacial score (nSPS) is 19.5. The first kappa shape index (κ1) is 15.5. The molecule has 3 heterocycles. The third-order valence-corrected chi connectivity index (χ3v) is 5.05. The maximum absolute atomic E-state index is 9.75. The average molecular weight is 329 g/mol. The van der Waals surface area contributed by atoms with Crippen molar-refractivity contribution in [2.75, 3.05) is 18.1 Å². The summed E-state index contributed by atoms with van der Waals surface area (Å²) in [6, 6.07) is 3.90. The van der Waals surface area contributed by atoms with Crippen LogP contribution in [0, 0.1) is 0 Å². The van der Waals surface area contributed by atoms with E-state index in [-0.39, 0.29) is 6.61 Å². The van der Waals surface area contributed by atoms with E-state index >= 15 is 0 Å². The predicted octanol–water partition coefficient (Wildman–Crippen LogP) is 1.38. The topological polar surface area (TPSA) is 87.3 Å². The number of hydrogen-bond donors (Lipinski definition) is 2. The Balaban J connectivity index is 1.54. The maximum atomic E-state index is 9.75. The van der Waals surface area contributed by atoms with Crippen molar-refractivity contribution in [3.63, 3.8) is 0 Å². The Morgan fingerprint density at radius 2 is 2.08 bits per heavy atom. The van der Waals surface area contributed by atoms with Crippen molar-refractivity contribution in [3.8, 4) is 0 Å². The first-order valence-corrected chi connectivity index (χ1v) is 8.68. The highest BCUT2D eigenvalue weighted by Crippen LogP contribution is 2.33. The van der Waals surface area contributed by atoms with Gasteiger partial charge in [-0.15, -0.1) is 0 Å². The van der Waals surface area contributed by atoms with Gasteiger partial charge in [-0.3, -0.25) is 4.68 Å². The molecular weight excluding hydrogens is 306 g/mol. The number of nitrogens with zero attached hydrogens (tertiary/aromatic N) is 5. The van der Waals surface area contributed by atoms with E-state index in [1.165, 1.54) is 25.7 Å². The zero-order valence-electron chi connectivity index (χ0n) is 13.7. The van der Waals surface area contributed by atoms with E-state index in [2.05, 4.69) is 15.0 Å². The van der Waals surface area contributed by atoms with Gasteiger partial charge in [-0.05, 0) is 25.0 Å². The summed E-state index contributed by atoms with van der Waals surface area (Å²) in [5, 5.41) is 23.2.